The van der Waals surface area contributed by atoms with Gasteiger partial charge in [-0.15, -0.1) is 0 Å². The molecule has 3 heteroatoms. The molecule has 0 aliphatic rings. The van der Waals surface area contributed by atoms with Crippen LogP contribution in [0.3, 0.4) is 0 Å². The first-order chi connectivity index (χ1) is 8.28. The Labute approximate surface area is 111 Å². The molecule has 0 spiro atoms. The zero-order valence-corrected chi connectivity index (χ0v) is 11.0. The first-order valence-corrected chi connectivity index (χ1v) is 6.70. The Hall–Kier alpha value is -0.960. The van der Waals surface area contributed by atoms with E-state index >= 15 is 0 Å². The molecule has 1 nitrogen and oxygen atoms in total. The molecule has 0 heterocycles. The van der Waals surface area contributed by atoms with Gasteiger partial charge in [-0.2, -0.15) is 0 Å². The molecule has 0 amide bonds. The van der Waals surface area contributed by atoms with E-state index in [0.29, 0.717) is 6.54 Å². The number of nitrogens with two attached hydrogens (primary N) is 1. The van der Waals surface area contributed by atoms with E-state index in [-0.39, 0.29) is 0 Å². The molecule has 0 saturated heterocycles. The topological polar surface area (TPSA) is 26.0 Å². The van der Waals surface area contributed by atoms with E-state index in [1.54, 1.807) is 11.8 Å². The van der Waals surface area contributed by atoms with Gasteiger partial charge in [-0.25, -0.2) is 0 Å². The second kappa shape index (κ2) is 6.10. The smallest absolute Gasteiger partial charge is 0.0417 e. The van der Waals surface area contributed by atoms with Gasteiger partial charge in [0, 0.05) is 14.8 Å². The van der Waals surface area contributed by atoms with Crippen molar-refractivity contribution in [1.82, 2.24) is 0 Å². The molecular weight excluding hydrogens is 250 g/mol. The quantitative estimate of drug-likeness (QED) is 0.903. The standard InChI is InChI=1S/C14H14ClNS/c15-12-2-1-3-14(10-12)17-13-6-4-11(5-7-13)8-9-16/h1-7,10H,8-9,16H2. The molecule has 0 aliphatic carbocycles. The molecule has 0 atom stereocenters. The highest BCUT2D eigenvalue weighted by atomic mass is 35.5. The maximum absolute atomic E-state index is 5.95. The van der Waals surface area contributed by atoms with Crippen molar-refractivity contribution in [2.24, 2.45) is 5.73 Å². The van der Waals surface area contributed by atoms with Gasteiger partial charge in [-0.1, -0.05) is 41.6 Å². The van der Waals surface area contributed by atoms with Gasteiger partial charge in [0.2, 0.25) is 0 Å². The second-order valence-electron chi connectivity index (χ2n) is 3.74. The Morgan fingerprint density at radius 3 is 2.41 bits per heavy atom. The third-order valence-electron chi connectivity index (χ3n) is 2.39. The lowest BCUT2D eigenvalue weighted by Crippen LogP contribution is -2.02. The van der Waals surface area contributed by atoms with Crippen LogP contribution < -0.4 is 5.73 Å². The number of rotatable bonds is 4. The first kappa shape index (κ1) is 12.5. The maximum atomic E-state index is 5.95. The summed E-state index contributed by atoms with van der Waals surface area (Å²) >= 11 is 7.66. The predicted molar refractivity (Wildman–Crippen MR) is 74.8 cm³/mol. The van der Waals surface area contributed by atoms with Gasteiger partial charge in [0.25, 0.3) is 0 Å². The van der Waals surface area contributed by atoms with Crippen LogP contribution >= 0.6 is 23.4 Å². The van der Waals surface area contributed by atoms with Crippen LogP contribution in [-0.2, 0) is 6.42 Å². The predicted octanol–water partition coefficient (Wildman–Crippen LogP) is 3.99. The van der Waals surface area contributed by atoms with Crippen LogP contribution in [0.5, 0.6) is 0 Å². The summed E-state index contributed by atoms with van der Waals surface area (Å²) < 4.78 is 0. The van der Waals surface area contributed by atoms with E-state index in [1.807, 2.05) is 18.2 Å². The lowest BCUT2D eigenvalue weighted by Gasteiger charge is -2.03. The van der Waals surface area contributed by atoms with Gasteiger partial charge in [0.1, 0.15) is 0 Å². The van der Waals surface area contributed by atoms with E-state index in [9.17, 15) is 0 Å². The fourth-order valence-corrected chi connectivity index (χ4v) is 2.69. The molecule has 0 saturated carbocycles. The molecule has 2 rings (SSSR count). The lowest BCUT2D eigenvalue weighted by atomic mass is 10.2. The van der Waals surface area contributed by atoms with Crippen molar-refractivity contribution in [2.75, 3.05) is 6.54 Å². The normalized spacial score (nSPS) is 10.5. The highest BCUT2D eigenvalue weighted by Crippen LogP contribution is 2.29. The van der Waals surface area contributed by atoms with Crippen molar-refractivity contribution in [2.45, 2.75) is 16.2 Å². The number of hydrogen-bond donors (Lipinski definition) is 1. The zero-order chi connectivity index (χ0) is 12.1. The summed E-state index contributed by atoms with van der Waals surface area (Å²) in [6.45, 7) is 0.695. The van der Waals surface area contributed by atoms with E-state index in [4.69, 9.17) is 17.3 Å². The molecule has 17 heavy (non-hydrogen) atoms. The van der Waals surface area contributed by atoms with Crippen molar-refractivity contribution >= 4 is 23.4 Å². The highest BCUT2D eigenvalue weighted by molar-refractivity contribution is 7.99. The summed E-state index contributed by atoms with van der Waals surface area (Å²) in [5.41, 5.74) is 6.80. The maximum Gasteiger partial charge on any atom is 0.0417 e. The molecule has 0 radical (unpaired) electrons. The molecular formula is C14H14ClNS. The Bertz CT molecular complexity index is 482. The van der Waals surface area contributed by atoms with Crippen molar-refractivity contribution in [1.29, 1.82) is 0 Å². The highest BCUT2D eigenvalue weighted by Gasteiger charge is 1.98. The van der Waals surface area contributed by atoms with Crippen LogP contribution in [-0.4, -0.2) is 6.54 Å². The minimum absolute atomic E-state index is 0.695. The van der Waals surface area contributed by atoms with Crippen molar-refractivity contribution < 1.29 is 0 Å². The average molecular weight is 264 g/mol. The Morgan fingerprint density at radius 2 is 1.76 bits per heavy atom. The van der Waals surface area contributed by atoms with E-state index in [2.05, 4.69) is 30.3 Å². The van der Waals surface area contributed by atoms with Crippen LogP contribution in [0.1, 0.15) is 5.56 Å². The van der Waals surface area contributed by atoms with Crippen LogP contribution in [0.2, 0.25) is 5.02 Å². The molecule has 0 unspecified atom stereocenters. The third kappa shape index (κ3) is 3.77. The number of hydrogen-bond acceptors (Lipinski definition) is 2. The summed E-state index contributed by atoms with van der Waals surface area (Å²) in [4.78, 5) is 2.37. The summed E-state index contributed by atoms with van der Waals surface area (Å²) in [5.74, 6) is 0. The van der Waals surface area contributed by atoms with E-state index in [0.717, 1.165) is 16.3 Å². The van der Waals surface area contributed by atoms with Crippen LogP contribution in [0.4, 0.5) is 0 Å². The molecule has 2 aromatic rings. The third-order valence-corrected chi connectivity index (χ3v) is 3.62. The fraction of sp³-hybridized carbons (Fsp3) is 0.143. The summed E-state index contributed by atoms with van der Waals surface area (Å²) in [5, 5.41) is 0.773. The molecule has 2 aromatic carbocycles. The van der Waals surface area contributed by atoms with Gasteiger partial charge < -0.3 is 5.73 Å². The molecule has 2 N–H and O–H groups in total. The van der Waals surface area contributed by atoms with Crippen LogP contribution in [0.25, 0.3) is 0 Å². The SMILES string of the molecule is NCCc1ccc(Sc2cccc(Cl)c2)cc1. The number of halogens is 1. The molecule has 0 aliphatic heterocycles. The van der Waals surface area contributed by atoms with Gasteiger partial charge in [-0.05, 0) is 48.9 Å². The van der Waals surface area contributed by atoms with Gasteiger partial charge >= 0.3 is 0 Å². The molecule has 0 bridgehead atoms. The second-order valence-corrected chi connectivity index (χ2v) is 5.33. The summed E-state index contributed by atoms with van der Waals surface area (Å²) in [6, 6.07) is 16.4. The number of benzene rings is 2. The largest absolute Gasteiger partial charge is 0.330 e. The summed E-state index contributed by atoms with van der Waals surface area (Å²) in [6.07, 6.45) is 0.933. The van der Waals surface area contributed by atoms with Crippen molar-refractivity contribution in [3.05, 3.63) is 59.1 Å². The first-order valence-electron chi connectivity index (χ1n) is 5.50. The summed E-state index contributed by atoms with van der Waals surface area (Å²) in [7, 11) is 0. The van der Waals surface area contributed by atoms with Crippen LogP contribution in [0.15, 0.2) is 58.3 Å². The van der Waals surface area contributed by atoms with Crippen LogP contribution in [0, 0.1) is 0 Å². The van der Waals surface area contributed by atoms with Crippen molar-refractivity contribution in [3.8, 4) is 0 Å². The molecule has 0 fully saturated rings. The van der Waals surface area contributed by atoms with E-state index < -0.39 is 0 Å². The van der Waals surface area contributed by atoms with Crippen molar-refractivity contribution in [3.63, 3.8) is 0 Å². The monoisotopic (exact) mass is 263 g/mol. The Kier molecular flexibility index (Phi) is 4.49. The minimum Gasteiger partial charge on any atom is -0.330 e. The van der Waals surface area contributed by atoms with Gasteiger partial charge in [-0.3, -0.25) is 0 Å². The average Bonchev–Trinajstić information content (AvgIpc) is 2.32. The lowest BCUT2D eigenvalue weighted by molar-refractivity contribution is 0.966. The minimum atomic E-state index is 0.695. The van der Waals surface area contributed by atoms with Gasteiger partial charge in [0.15, 0.2) is 0 Å². The van der Waals surface area contributed by atoms with Gasteiger partial charge in [0.05, 0.1) is 0 Å². The molecule has 88 valence electrons. The molecule has 0 aromatic heterocycles. The van der Waals surface area contributed by atoms with E-state index in [1.165, 1.54) is 10.5 Å². The zero-order valence-electron chi connectivity index (χ0n) is 9.40. The fourth-order valence-electron chi connectivity index (χ4n) is 1.56. The Morgan fingerprint density at radius 1 is 1.00 bits per heavy atom. The Balaban J connectivity index is 2.08.